The number of halogens is 1. The molecule has 1 aromatic heterocycles. The predicted octanol–water partition coefficient (Wildman–Crippen LogP) is 2.70. The smallest absolute Gasteiger partial charge is 0.123 e. The monoisotopic (exact) mass is 245 g/mol. The van der Waals surface area contributed by atoms with E-state index in [1.807, 2.05) is 12.1 Å². The highest BCUT2D eigenvalue weighted by Gasteiger charge is 2.14. The molecule has 2 rings (SSSR count). The van der Waals surface area contributed by atoms with E-state index in [1.54, 1.807) is 12.3 Å². The topological polar surface area (TPSA) is 37.8 Å². The van der Waals surface area contributed by atoms with E-state index in [1.165, 1.54) is 18.5 Å². The highest BCUT2D eigenvalue weighted by molar-refractivity contribution is 5.27. The molecule has 0 aliphatic rings. The molecule has 0 fully saturated rings. The average molecular weight is 245 g/mol. The van der Waals surface area contributed by atoms with Gasteiger partial charge in [0.1, 0.15) is 12.1 Å². The first-order valence-corrected chi connectivity index (χ1v) is 6.06. The van der Waals surface area contributed by atoms with Crippen molar-refractivity contribution in [1.29, 1.82) is 0 Å². The van der Waals surface area contributed by atoms with Gasteiger partial charge in [-0.2, -0.15) is 0 Å². The maximum atomic E-state index is 13.3. The Labute approximate surface area is 106 Å². The molecule has 0 aliphatic heterocycles. The Bertz CT molecular complexity index is 487. The minimum atomic E-state index is -0.232. The highest BCUT2D eigenvalue weighted by atomic mass is 19.1. The van der Waals surface area contributed by atoms with Gasteiger partial charge in [-0.25, -0.2) is 14.4 Å². The first kappa shape index (κ1) is 12.6. The molecule has 0 saturated carbocycles. The summed E-state index contributed by atoms with van der Waals surface area (Å²) in [6, 6.07) is 8.35. The van der Waals surface area contributed by atoms with E-state index < -0.39 is 0 Å². The van der Waals surface area contributed by atoms with E-state index in [4.69, 9.17) is 0 Å². The normalized spacial score (nSPS) is 12.3. The molecule has 1 atom stereocenters. The lowest BCUT2D eigenvalue weighted by atomic mass is 10.0. The summed E-state index contributed by atoms with van der Waals surface area (Å²) in [5.41, 5.74) is 1.73. The number of nitrogens with one attached hydrogen (secondary N) is 1. The summed E-state index contributed by atoms with van der Waals surface area (Å²) in [6.45, 7) is 2.95. The molecule has 0 bridgehead atoms. The standard InChI is InChI=1S/C14H16FN3/c1-2-7-17-14(13-6-8-16-10-18-13)11-4-3-5-12(15)9-11/h3-6,8-10,14,17H,2,7H2,1H3. The Hall–Kier alpha value is -1.81. The van der Waals surface area contributed by atoms with Crippen LogP contribution < -0.4 is 5.32 Å². The van der Waals surface area contributed by atoms with Crippen LogP contribution in [0.15, 0.2) is 42.9 Å². The predicted molar refractivity (Wildman–Crippen MR) is 68.6 cm³/mol. The van der Waals surface area contributed by atoms with Gasteiger partial charge in [-0.1, -0.05) is 19.1 Å². The lowest BCUT2D eigenvalue weighted by molar-refractivity contribution is 0.575. The van der Waals surface area contributed by atoms with Crippen LogP contribution in [0.25, 0.3) is 0 Å². The molecule has 0 spiro atoms. The first-order valence-electron chi connectivity index (χ1n) is 6.06. The number of benzene rings is 1. The number of aromatic nitrogens is 2. The fraction of sp³-hybridized carbons (Fsp3) is 0.286. The van der Waals surface area contributed by atoms with Gasteiger partial charge in [0.15, 0.2) is 0 Å². The molecule has 0 aliphatic carbocycles. The highest BCUT2D eigenvalue weighted by Crippen LogP contribution is 2.20. The summed E-state index contributed by atoms with van der Waals surface area (Å²) in [5, 5.41) is 3.37. The van der Waals surface area contributed by atoms with Gasteiger partial charge in [0, 0.05) is 6.20 Å². The summed E-state index contributed by atoms with van der Waals surface area (Å²) in [6.07, 6.45) is 4.22. The van der Waals surface area contributed by atoms with E-state index in [0.717, 1.165) is 24.2 Å². The minimum absolute atomic E-state index is 0.0938. The van der Waals surface area contributed by atoms with Crippen molar-refractivity contribution in [3.8, 4) is 0 Å². The van der Waals surface area contributed by atoms with Crippen LogP contribution in [-0.4, -0.2) is 16.5 Å². The second-order valence-electron chi connectivity index (χ2n) is 4.08. The SMILES string of the molecule is CCCNC(c1cccc(F)c1)c1ccncn1. The van der Waals surface area contributed by atoms with E-state index in [2.05, 4.69) is 22.2 Å². The van der Waals surface area contributed by atoms with Crippen molar-refractivity contribution in [2.75, 3.05) is 6.54 Å². The van der Waals surface area contributed by atoms with Gasteiger partial charge in [-0.05, 0) is 36.7 Å². The largest absolute Gasteiger partial charge is 0.305 e. The van der Waals surface area contributed by atoms with Crippen LogP contribution in [0.1, 0.15) is 30.6 Å². The molecule has 2 aromatic rings. The molecule has 94 valence electrons. The molecule has 1 heterocycles. The quantitative estimate of drug-likeness (QED) is 0.880. The average Bonchev–Trinajstić information content (AvgIpc) is 2.40. The second kappa shape index (κ2) is 6.21. The summed E-state index contributed by atoms with van der Waals surface area (Å²) in [5.74, 6) is -0.232. The molecular weight excluding hydrogens is 229 g/mol. The third-order valence-corrected chi connectivity index (χ3v) is 2.68. The number of rotatable bonds is 5. The first-order chi connectivity index (χ1) is 8.81. The van der Waals surface area contributed by atoms with Crippen LogP contribution in [0.2, 0.25) is 0 Å². The van der Waals surface area contributed by atoms with Crippen LogP contribution >= 0.6 is 0 Å². The summed E-state index contributed by atoms with van der Waals surface area (Å²) < 4.78 is 13.3. The Kier molecular flexibility index (Phi) is 4.36. The fourth-order valence-corrected chi connectivity index (χ4v) is 1.84. The van der Waals surface area contributed by atoms with Gasteiger partial charge in [-0.15, -0.1) is 0 Å². The molecule has 3 nitrogen and oxygen atoms in total. The van der Waals surface area contributed by atoms with Gasteiger partial charge in [-0.3, -0.25) is 0 Å². The zero-order chi connectivity index (χ0) is 12.8. The van der Waals surface area contributed by atoms with Crippen LogP contribution in [0, 0.1) is 5.82 Å². The van der Waals surface area contributed by atoms with Crippen LogP contribution in [-0.2, 0) is 0 Å². The lowest BCUT2D eigenvalue weighted by Crippen LogP contribution is -2.24. The van der Waals surface area contributed by atoms with Crippen molar-refractivity contribution in [3.63, 3.8) is 0 Å². The van der Waals surface area contributed by atoms with Crippen molar-refractivity contribution in [3.05, 3.63) is 59.9 Å². The number of hydrogen-bond donors (Lipinski definition) is 1. The van der Waals surface area contributed by atoms with Crippen molar-refractivity contribution in [1.82, 2.24) is 15.3 Å². The Morgan fingerprint density at radius 2 is 2.22 bits per heavy atom. The minimum Gasteiger partial charge on any atom is -0.305 e. The summed E-state index contributed by atoms with van der Waals surface area (Å²) in [7, 11) is 0. The molecule has 1 N–H and O–H groups in total. The molecule has 18 heavy (non-hydrogen) atoms. The van der Waals surface area contributed by atoms with Crippen molar-refractivity contribution in [2.24, 2.45) is 0 Å². The molecule has 4 heteroatoms. The van der Waals surface area contributed by atoms with E-state index in [-0.39, 0.29) is 11.9 Å². The van der Waals surface area contributed by atoms with E-state index in [9.17, 15) is 4.39 Å². The van der Waals surface area contributed by atoms with Crippen LogP contribution in [0.4, 0.5) is 4.39 Å². The molecule has 1 unspecified atom stereocenters. The van der Waals surface area contributed by atoms with Gasteiger partial charge >= 0.3 is 0 Å². The Balaban J connectivity index is 2.31. The van der Waals surface area contributed by atoms with E-state index >= 15 is 0 Å². The second-order valence-corrected chi connectivity index (χ2v) is 4.08. The maximum absolute atomic E-state index is 13.3. The third-order valence-electron chi connectivity index (χ3n) is 2.68. The molecule has 1 aromatic carbocycles. The fourth-order valence-electron chi connectivity index (χ4n) is 1.84. The molecule has 0 saturated heterocycles. The van der Waals surface area contributed by atoms with Crippen LogP contribution in [0.3, 0.4) is 0 Å². The number of hydrogen-bond acceptors (Lipinski definition) is 3. The van der Waals surface area contributed by atoms with Gasteiger partial charge in [0.2, 0.25) is 0 Å². The Morgan fingerprint density at radius 3 is 2.89 bits per heavy atom. The van der Waals surface area contributed by atoms with Gasteiger partial charge in [0.25, 0.3) is 0 Å². The molecule has 0 radical (unpaired) electrons. The molecule has 0 amide bonds. The lowest BCUT2D eigenvalue weighted by Gasteiger charge is -2.18. The van der Waals surface area contributed by atoms with Crippen molar-refractivity contribution < 1.29 is 4.39 Å². The van der Waals surface area contributed by atoms with Crippen molar-refractivity contribution >= 4 is 0 Å². The number of nitrogens with zero attached hydrogens (tertiary/aromatic N) is 2. The van der Waals surface area contributed by atoms with Gasteiger partial charge < -0.3 is 5.32 Å². The zero-order valence-electron chi connectivity index (χ0n) is 10.3. The Morgan fingerprint density at radius 1 is 1.33 bits per heavy atom. The summed E-state index contributed by atoms with van der Waals surface area (Å²) >= 11 is 0. The maximum Gasteiger partial charge on any atom is 0.123 e. The third kappa shape index (κ3) is 3.11. The molecular formula is C14H16FN3. The van der Waals surface area contributed by atoms with Gasteiger partial charge in [0.05, 0.1) is 11.7 Å². The van der Waals surface area contributed by atoms with E-state index in [0.29, 0.717) is 0 Å². The van der Waals surface area contributed by atoms with Crippen LogP contribution in [0.5, 0.6) is 0 Å². The summed E-state index contributed by atoms with van der Waals surface area (Å²) in [4.78, 5) is 8.15. The zero-order valence-corrected chi connectivity index (χ0v) is 10.3. The van der Waals surface area contributed by atoms with Crippen molar-refractivity contribution in [2.45, 2.75) is 19.4 Å².